The number of carbonyl (C=O) groups is 1. The van der Waals surface area contributed by atoms with E-state index in [1.807, 2.05) is 24.3 Å². The topological polar surface area (TPSA) is 66.0 Å². The Balaban J connectivity index is 1.72. The Morgan fingerprint density at radius 2 is 1.85 bits per heavy atom. The fourth-order valence-electron chi connectivity index (χ4n) is 3.46. The lowest BCUT2D eigenvalue weighted by Gasteiger charge is -2.04. The highest BCUT2D eigenvalue weighted by Gasteiger charge is 2.16. The minimum atomic E-state index is -0.961. The van der Waals surface area contributed by atoms with E-state index in [1.54, 1.807) is 11.3 Å². The van der Waals surface area contributed by atoms with Gasteiger partial charge in [-0.25, -0.2) is 4.79 Å². The van der Waals surface area contributed by atoms with Crippen molar-refractivity contribution in [1.29, 1.82) is 0 Å². The molecule has 4 nitrogen and oxygen atoms in total. The number of fused-ring (bicyclic) bond motifs is 2. The van der Waals surface area contributed by atoms with Crippen molar-refractivity contribution in [3.05, 3.63) is 77.8 Å². The molecule has 0 saturated carbocycles. The van der Waals surface area contributed by atoms with Crippen LogP contribution < -0.4 is 0 Å². The third-order valence-corrected chi connectivity index (χ3v) is 5.76. The van der Waals surface area contributed by atoms with Crippen LogP contribution in [-0.4, -0.2) is 21.0 Å². The van der Waals surface area contributed by atoms with Gasteiger partial charge in [0.1, 0.15) is 0 Å². The molecular formula is C22H14N2O2S. The molecule has 0 aliphatic carbocycles. The molecular weight excluding hydrogens is 356 g/mol. The van der Waals surface area contributed by atoms with E-state index in [9.17, 15) is 9.90 Å². The summed E-state index contributed by atoms with van der Waals surface area (Å²) in [5, 5.41) is 12.7. The highest BCUT2D eigenvalue weighted by molar-refractivity contribution is 7.18. The van der Waals surface area contributed by atoms with E-state index in [2.05, 4.69) is 45.7 Å². The summed E-state index contributed by atoms with van der Waals surface area (Å²) in [6.45, 7) is 0. The van der Waals surface area contributed by atoms with E-state index in [0.717, 1.165) is 16.6 Å². The van der Waals surface area contributed by atoms with E-state index >= 15 is 0 Å². The van der Waals surface area contributed by atoms with Gasteiger partial charge in [-0.05, 0) is 23.3 Å². The van der Waals surface area contributed by atoms with Crippen LogP contribution in [0.5, 0.6) is 0 Å². The molecule has 0 aliphatic heterocycles. The van der Waals surface area contributed by atoms with Crippen molar-refractivity contribution in [1.82, 2.24) is 9.97 Å². The normalized spacial score (nSPS) is 11.3. The third-order valence-electron chi connectivity index (χ3n) is 4.73. The molecule has 3 aromatic heterocycles. The lowest BCUT2D eigenvalue weighted by atomic mass is 10.0. The lowest BCUT2D eigenvalue weighted by molar-refractivity contribution is 0.0699. The Morgan fingerprint density at radius 3 is 2.67 bits per heavy atom. The van der Waals surface area contributed by atoms with Crippen molar-refractivity contribution in [2.75, 3.05) is 0 Å². The van der Waals surface area contributed by atoms with Gasteiger partial charge in [0.2, 0.25) is 0 Å². The Kier molecular flexibility index (Phi) is 3.55. The van der Waals surface area contributed by atoms with Crippen LogP contribution in [0.4, 0.5) is 0 Å². The molecule has 2 N–H and O–H groups in total. The van der Waals surface area contributed by atoms with E-state index in [-0.39, 0.29) is 5.56 Å². The van der Waals surface area contributed by atoms with Gasteiger partial charge >= 0.3 is 5.97 Å². The fourth-order valence-corrected chi connectivity index (χ4v) is 4.57. The van der Waals surface area contributed by atoms with E-state index in [4.69, 9.17) is 0 Å². The van der Waals surface area contributed by atoms with Crippen molar-refractivity contribution in [3.63, 3.8) is 0 Å². The lowest BCUT2D eigenvalue weighted by Crippen LogP contribution is -1.97. The van der Waals surface area contributed by atoms with Crippen molar-refractivity contribution in [2.45, 2.75) is 0 Å². The number of thiophene rings is 1. The highest BCUT2D eigenvalue weighted by Crippen LogP contribution is 2.40. The second kappa shape index (κ2) is 6.07. The van der Waals surface area contributed by atoms with Crippen LogP contribution >= 0.6 is 11.3 Å². The van der Waals surface area contributed by atoms with E-state index in [0.29, 0.717) is 11.0 Å². The minimum Gasteiger partial charge on any atom is -0.478 e. The summed E-state index contributed by atoms with van der Waals surface area (Å²) < 4.78 is 1.21. The summed E-state index contributed by atoms with van der Waals surface area (Å²) in [6, 6.07) is 20.0. The van der Waals surface area contributed by atoms with Gasteiger partial charge in [0.25, 0.3) is 0 Å². The maximum Gasteiger partial charge on any atom is 0.337 e. The molecule has 0 radical (unpaired) electrons. The summed E-state index contributed by atoms with van der Waals surface area (Å²) in [5.74, 6) is -0.961. The molecule has 5 heteroatoms. The van der Waals surface area contributed by atoms with Crippen LogP contribution in [0, 0.1) is 0 Å². The van der Waals surface area contributed by atoms with Gasteiger partial charge in [-0.15, -0.1) is 11.3 Å². The smallest absolute Gasteiger partial charge is 0.337 e. The summed E-state index contributed by atoms with van der Waals surface area (Å²) in [5.41, 5.74) is 5.76. The van der Waals surface area contributed by atoms with Crippen LogP contribution in [0.1, 0.15) is 10.4 Å². The van der Waals surface area contributed by atoms with Crippen LogP contribution in [0.2, 0.25) is 0 Å². The number of hydrogen-bond donors (Lipinski definition) is 2. The highest BCUT2D eigenvalue weighted by atomic mass is 32.1. The zero-order valence-corrected chi connectivity index (χ0v) is 15.0. The first kappa shape index (κ1) is 15.8. The maximum absolute atomic E-state index is 11.5. The number of aromatic amines is 1. The van der Waals surface area contributed by atoms with Crippen LogP contribution in [0.25, 0.3) is 43.5 Å². The number of nitrogens with zero attached hydrogens (tertiary/aromatic N) is 1. The molecule has 2 aromatic carbocycles. The monoisotopic (exact) mass is 370 g/mol. The largest absolute Gasteiger partial charge is 0.478 e. The molecule has 0 aliphatic rings. The Hall–Kier alpha value is -3.44. The second-order valence-corrected chi connectivity index (χ2v) is 7.18. The maximum atomic E-state index is 11.5. The van der Waals surface area contributed by atoms with Gasteiger partial charge in [0.15, 0.2) is 0 Å². The first-order valence-electron chi connectivity index (χ1n) is 8.49. The SMILES string of the molecule is O=C(O)c1ccnc2cc(-c3csc4c(-c5ccccc5)cccc34)[nH]c12. The average molecular weight is 370 g/mol. The Morgan fingerprint density at radius 1 is 1.00 bits per heavy atom. The second-order valence-electron chi connectivity index (χ2n) is 6.30. The predicted molar refractivity (Wildman–Crippen MR) is 109 cm³/mol. The van der Waals surface area contributed by atoms with Crippen molar-refractivity contribution in [2.24, 2.45) is 0 Å². The number of aromatic nitrogens is 2. The third kappa shape index (κ3) is 2.52. The molecule has 5 aromatic rings. The van der Waals surface area contributed by atoms with Gasteiger partial charge in [-0.2, -0.15) is 0 Å². The molecule has 130 valence electrons. The molecule has 0 bridgehead atoms. The number of rotatable bonds is 3. The molecule has 0 spiro atoms. The first-order chi connectivity index (χ1) is 13.2. The molecule has 0 unspecified atom stereocenters. The Labute approximate surface area is 158 Å². The summed E-state index contributed by atoms with van der Waals surface area (Å²) in [6.07, 6.45) is 1.53. The van der Waals surface area contributed by atoms with Crippen molar-refractivity contribution in [3.8, 4) is 22.4 Å². The van der Waals surface area contributed by atoms with Gasteiger partial charge in [-0.3, -0.25) is 4.98 Å². The van der Waals surface area contributed by atoms with Gasteiger partial charge < -0.3 is 10.1 Å². The molecule has 0 saturated heterocycles. The molecule has 5 rings (SSSR count). The number of aromatic carboxylic acids is 1. The molecule has 0 atom stereocenters. The molecule has 0 amide bonds. The number of carboxylic acids is 1. The number of hydrogen-bond acceptors (Lipinski definition) is 3. The molecule has 27 heavy (non-hydrogen) atoms. The van der Waals surface area contributed by atoms with Crippen molar-refractivity contribution >= 4 is 38.4 Å². The fraction of sp³-hybridized carbons (Fsp3) is 0. The van der Waals surface area contributed by atoms with E-state index < -0.39 is 5.97 Å². The van der Waals surface area contributed by atoms with Crippen LogP contribution in [-0.2, 0) is 0 Å². The number of benzene rings is 2. The molecule has 0 fully saturated rings. The Bertz CT molecular complexity index is 1300. The van der Waals surface area contributed by atoms with Gasteiger partial charge in [-0.1, -0.05) is 48.5 Å². The van der Waals surface area contributed by atoms with E-state index in [1.165, 1.54) is 28.1 Å². The predicted octanol–water partition coefficient (Wildman–Crippen LogP) is 5.81. The minimum absolute atomic E-state index is 0.232. The first-order valence-corrected chi connectivity index (χ1v) is 9.37. The van der Waals surface area contributed by atoms with Gasteiger partial charge in [0, 0.05) is 32.9 Å². The molecule has 3 heterocycles. The van der Waals surface area contributed by atoms with Crippen LogP contribution in [0.15, 0.2) is 72.2 Å². The summed E-state index contributed by atoms with van der Waals surface area (Å²) in [4.78, 5) is 19.1. The zero-order valence-electron chi connectivity index (χ0n) is 14.1. The zero-order chi connectivity index (χ0) is 18.4. The number of H-pyrrole nitrogens is 1. The number of nitrogens with one attached hydrogen (secondary N) is 1. The summed E-state index contributed by atoms with van der Waals surface area (Å²) in [7, 11) is 0. The van der Waals surface area contributed by atoms with Crippen molar-refractivity contribution < 1.29 is 9.90 Å². The number of carboxylic acid groups (broad SMARTS) is 1. The quantitative estimate of drug-likeness (QED) is 0.421. The van der Waals surface area contributed by atoms with Crippen LogP contribution in [0.3, 0.4) is 0 Å². The van der Waals surface area contributed by atoms with Gasteiger partial charge in [0.05, 0.1) is 16.6 Å². The average Bonchev–Trinajstić information content (AvgIpc) is 3.31. The summed E-state index contributed by atoms with van der Waals surface area (Å²) >= 11 is 1.69. The number of pyridine rings is 1. The standard InChI is InChI=1S/C22H14N2O2S/c25-22(26)16-9-10-23-19-11-18(24-20(16)19)17-12-27-21-14(7-4-8-15(17)21)13-5-2-1-3-6-13/h1-12,24H,(H,25,26).